The van der Waals surface area contributed by atoms with Crippen molar-refractivity contribution in [2.75, 3.05) is 17.7 Å². The summed E-state index contributed by atoms with van der Waals surface area (Å²) in [6.07, 6.45) is 1.67. The summed E-state index contributed by atoms with van der Waals surface area (Å²) >= 11 is 0. The molecule has 0 atom stereocenters. The van der Waals surface area contributed by atoms with Crippen molar-refractivity contribution in [2.45, 2.75) is 33.6 Å². The molecule has 0 spiro atoms. The lowest BCUT2D eigenvalue weighted by atomic mass is 10.0. The normalized spacial score (nSPS) is 10.4. The minimum absolute atomic E-state index is 0.0701. The smallest absolute Gasteiger partial charge is 0.262 e. The third kappa shape index (κ3) is 4.59. The molecule has 0 aromatic heterocycles. The molecule has 2 aromatic rings. The molecule has 2 aromatic carbocycles. The molecule has 0 fully saturated rings. The van der Waals surface area contributed by atoms with E-state index in [0.717, 1.165) is 29.7 Å². The maximum atomic E-state index is 12.3. The van der Waals surface area contributed by atoms with Crippen molar-refractivity contribution in [2.24, 2.45) is 0 Å². The van der Waals surface area contributed by atoms with E-state index in [9.17, 15) is 9.59 Å². The van der Waals surface area contributed by atoms with Crippen LogP contribution in [0.25, 0.3) is 0 Å². The second kappa shape index (κ2) is 8.33. The highest BCUT2D eigenvalue weighted by atomic mass is 16.5. The van der Waals surface area contributed by atoms with Crippen LogP contribution < -0.4 is 15.8 Å². The van der Waals surface area contributed by atoms with Gasteiger partial charge < -0.3 is 15.8 Å². The maximum Gasteiger partial charge on any atom is 0.262 e. The number of ether oxygens (including phenoxy) is 1. The highest BCUT2D eigenvalue weighted by molar-refractivity contribution is 5.95. The Bertz CT molecular complexity index is 762. The van der Waals surface area contributed by atoms with E-state index in [4.69, 9.17) is 10.5 Å². The molecule has 0 aliphatic rings. The second-order valence-electron chi connectivity index (χ2n) is 5.80. The number of nitrogens with one attached hydrogen (secondary N) is 1. The predicted molar refractivity (Wildman–Crippen MR) is 100 cm³/mol. The van der Waals surface area contributed by atoms with Gasteiger partial charge in [0.25, 0.3) is 5.91 Å². The van der Waals surface area contributed by atoms with E-state index >= 15 is 0 Å². The Morgan fingerprint density at radius 1 is 1.08 bits per heavy atom. The van der Waals surface area contributed by atoms with Crippen LogP contribution in [0.3, 0.4) is 0 Å². The molecule has 0 unspecified atom stereocenters. The standard InChI is InChI=1S/C20H24N2O3/c1-4-14-7-6-8-15(5-2)20(14)22-19(24)12-25-18-10-9-16(13(3)23)11-17(18)21/h6-11H,4-5,12,21H2,1-3H3,(H,22,24). The van der Waals surface area contributed by atoms with Crippen molar-refractivity contribution in [1.82, 2.24) is 0 Å². The van der Waals surface area contributed by atoms with E-state index < -0.39 is 0 Å². The minimum atomic E-state index is -0.245. The van der Waals surface area contributed by atoms with Gasteiger partial charge in [-0.25, -0.2) is 0 Å². The number of nitrogens with two attached hydrogens (primary N) is 1. The van der Waals surface area contributed by atoms with Gasteiger partial charge in [-0.15, -0.1) is 0 Å². The SMILES string of the molecule is CCc1cccc(CC)c1NC(=O)COc1ccc(C(C)=O)cc1N. The van der Waals surface area contributed by atoms with E-state index in [2.05, 4.69) is 19.2 Å². The summed E-state index contributed by atoms with van der Waals surface area (Å²) in [5, 5.41) is 2.94. The summed E-state index contributed by atoms with van der Waals surface area (Å²) < 4.78 is 5.50. The fourth-order valence-corrected chi connectivity index (χ4v) is 2.62. The molecule has 5 nitrogen and oxygen atoms in total. The van der Waals surface area contributed by atoms with Crippen molar-refractivity contribution >= 4 is 23.1 Å². The number of anilines is 2. The molecule has 5 heteroatoms. The van der Waals surface area contributed by atoms with Crippen LogP contribution >= 0.6 is 0 Å². The number of para-hydroxylation sites is 1. The number of nitrogen functional groups attached to an aromatic ring is 1. The fourth-order valence-electron chi connectivity index (χ4n) is 2.62. The van der Waals surface area contributed by atoms with Crippen LogP contribution in [0, 0.1) is 0 Å². The number of hydrogen-bond donors (Lipinski definition) is 2. The van der Waals surface area contributed by atoms with E-state index in [1.807, 2.05) is 18.2 Å². The highest BCUT2D eigenvalue weighted by Crippen LogP contribution is 2.24. The van der Waals surface area contributed by atoms with Crippen LogP contribution in [0.4, 0.5) is 11.4 Å². The zero-order chi connectivity index (χ0) is 18.4. The lowest BCUT2D eigenvalue weighted by Crippen LogP contribution is -2.22. The summed E-state index contributed by atoms with van der Waals surface area (Å²) in [6, 6.07) is 10.8. The quantitative estimate of drug-likeness (QED) is 0.596. The van der Waals surface area contributed by atoms with Crippen molar-refractivity contribution in [3.8, 4) is 5.75 Å². The average Bonchev–Trinajstić information content (AvgIpc) is 2.60. The van der Waals surface area contributed by atoms with Gasteiger partial charge in [0.1, 0.15) is 5.75 Å². The number of rotatable bonds is 7. The van der Waals surface area contributed by atoms with E-state index in [0.29, 0.717) is 17.0 Å². The molecule has 0 bridgehead atoms. The third-order valence-electron chi connectivity index (χ3n) is 4.04. The van der Waals surface area contributed by atoms with E-state index in [1.165, 1.54) is 6.92 Å². The molecule has 0 aliphatic heterocycles. The Labute approximate surface area is 148 Å². The molecule has 0 aliphatic carbocycles. The first-order chi connectivity index (χ1) is 12.0. The number of ketones is 1. The van der Waals surface area contributed by atoms with Gasteiger partial charge in [-0.05, 0) is 49.1 Å². The van der Waals surface area contributed by atoms with Crippen molar-refractivity contribution in [3.05, 3.63) is 53.1 Å². The van der Waals surface area contributed by atoms with Crippen molar-refractivity contribution in [1.29, 1.82) is 0 Å². The molecule has 132 valence electrons. The van der Waals surface area contributed by atoms with Gasteiger partial charge in [-0.3, -0.25) is 9.59 Å². The highest BCUT2D eigenvalue weighted by Gasteiger charge is 2.12. The number of Topliss-reactive ketones (excluding diaryl/α,β-unsaturated/α-hetero) is 1. The Morgan fingerprint density at radius 3 is 2.24 bits per heavy atom. The summed E-state index contributed by atoms with van der Waals surface area (Å²) in [7, 11) is 0. The molecule has 0 radical (unpaired) electrons. The van der Waals surface area contributed by atoms with Gasteiger partial charge >= 0.3 is 0 Å². The summed E-state index contributed by atoms with van der Waals surface area (Å²) in [5.74, 6) is 0.0737. The first-order valence-corrected chi connectivity index (χ1v) is 8.40. The largest absolute Gasteiger partial charge is 0.482 e. The summed E-state index contributed by atoms with van der Waals surface area (Å²) in [6.45, 7) is 5.43. The Morgan fingerprint density at radius 2 is 1.72 bits per heavy atom. The minimum Gasteiger partial charge on any atom is -0.482 e. The van der Waals surface area contributed by atoms with Crippen LogP contribution in [0.2, 0.25) is 0 Å². The van der Waals surface area contributed by atoms with Crippen LogP contribution in [0.1, 0.15) is 42.3 Å². The van der Waals surface area contributed by atoms with Gasteiger partial charge in [0.15, 0.2) is 12.4 Å². The predicted octanol–water partition coefficient (Wildman–Crippen LogP) is 3.61. The molecule has 0 saturated heterocycles. The first-order valence-electron chi connectivity index (χ1n) is 8.40. The van der Waals surface area contributed by atoms with Crippen LogP contribution in [-0.4, -0.2) is 18.3 Å². The molecule has 25 heavy (non-hydrogen) atoms. The number of amides is 1. The van der Waals surface area contributed by atoms with Gasteiger partial charge in [-0.1, -0.05) is 32.0 Å². The second-order valence-corrected chi connectivity index (χ2v) is 5.80. The van der Waals surface area contributed by atoms with Crippen LogP contribution in [-0.2, 0) is 17.6 Å². The Kier molecular flexibility index (Phi) is 6.17. The average molecular weight is 340 g/mol. The Hall–Kier alpha value is -2.82. The van der Waals surface area contributed by atoms with Crippen molar-refractivity contribution < 1.29 is 14.3 Å². The summed E-state index contributed by atoms with van der Waals surface area (Å²) in [5.41, 5.74) is 9.78. The van der Waals surface area contributed by atoms with Gasteiger partial charge in [-0.2, -0.15) is 0 Å². The topological polar surface area (TPSA) is 81.4 Å². The molecule has 1 amide bonds. The van der Waals surface area contributed by atoms with Gasteiger partial charge in [0.2, 0.25) is 0 Å². The van der Waals surface area contributed by atoms with E-state index in [-0.39, 0.29) is 18.3 Å². The molecule has 0 saturated carbocycles. The molecular formula is C20H24N2O3. The number of carbonyl (C=O) groups is 2. The van der Waals surface area contributed by atoms with Gasteiger partial charge in [0.05, 0.1) is 5.69 Å². The van der Waals surface area contributed by atoms with Gasteiger partial charge in [0, 0.05) is 11.3 Å². The zero-order valence-electron chi connectivity index (χ0n) is 14.9. The third-order valence-corrected chi connectivity index (χ3v) is 4.04. The summed E-state index contributed by atoms with van der Waals surface area (Å²) in [4.78, 5) is 23.6. The zero-order valence-corrected chi connectivity index (χ0v) is 14.9. The number of benzene rings is 2. The first kappa shape index (κ1) is 18.5. The number of hydrogen-bond acceptors (Lipinski definition) is 4. The molecule has 0 heterocycles. The van der Waals surface area contributed by atoms with E-state index in [1.54, 1.807) is 18.2 Å². The van der Waals surface area contributed by atoms with Crippen LogP contribution in [0.5, 0.6) is 5.75 Å². The van der Waals surface area contributed by atoms with Crippen molar-refractivity contribution in [3.63, 3.8) is 0 Å². The molecule has 3 N–H and O–H groups in total. The molecular weight excluding hydrogens is 316 g/mol. The Balaban J connectivity index is 2.06. The molecule has 2 rings (SSSR count). The monoisotopic (exact) mass is 340 g/mol. The van der Waals surface area contributed by atoms with Crippen LogP contribution in [0.15, 0.2) is 36.4 Å². The lowest BCUT2D eigenvalue weighted by Gasteiger charge is -2.15. The lowest BCUT2D eigenvalue weighted by molar-refractivity contribution is -0.118. The fraction of sp³-hybridized carbons (Fsp3) is 0.300. The number of carbonyl (C=O) groups excluding carboxylic acids is 2. The maximum absolute atomic E-state index is 12.3. The number of aryl methyl sites for hydroxylation is 2.